The first-order valence-corrected chi connectivity index (χ1v) is 40.6. The van der Waals surface area contributed by atoms with Gasteiger partial charge in [0.15, 0.2) is 0 Å². The number of aliphatic hydroxyl groups is 2. The summed E-state index contributed by atoms with van der Waals surface area (Å²) in [6.45, 7) is 10.9. The van der Waals surface area contributed by atoms with Crippen molar-refractivity contribution in [3.05, 3.63) is 143 Å². The average molecular weight is 1630 g/mol. The molecule has 4 aromatic carbocycles. The number of carboxylic acid groups (broad SMARTS) is 1. The Morgan fingerprint density at radius 2 is 1.01 bits per heavy atom. The molecule has 6 aromatic rings. The maximum absolute atomic E-state index is 15.0. The van der Waals surface area contributed by atoms with Gasteiger partial charge in [-0.05, 0) is 110 Å². The molecule has 0 fully saturated rings. The molecule has 33 nitrogen and oxygen atoms in total. The molecule has 616 valence electrons. The van der Waals surface area contributed by atoms with Crippen molar-refractivity contribution in [2.75, 3.05) is 11.5 Å². The zero-order valence-corrected chi connectivity index (χ0v) is 66.9. The third-order valence-electron chi connectivity index (χ3n) is 18.5. The normalized spacial score (nSPS) is 23.4. The van der Waals surface area contributed by atoms with Gasteiger partial charge in [0.05, 0.1) is 33.8 Å². The zero-order valence-electron chi connectivity index (χ0n) is 64.5. The number of amides is 12. The van der Waals surface area contributed by atoms with Crippen LogP contribution in [0.4, 0.5) is 0 Å². The number of imidazole rings is 1. The molecule has 0 spiro atoms. The minimum Gasteiger partial charge on any atom is -0.508 e. The second kappa shape index (κ2) is 44.1. The molecule has 3 heterocycles. The van der Waals surface area contributed by atoms with E-state index in [0.717, 1.165) is 11.1 Å². The van der Waals surface area contributed by atoms with Gasteiger partial charge in [-0.2, -0.15) is 23.5 Å². The van der Waals surface area contributed by atoms with Crippen LogP contribution in [-0.4, -0.2) is 208 Å². The highest BCUT2D eigenvalue weighted by molar-refractivity contribution is 7.98. The van der Waals surface area contributed by atoms with Crippen molar-refractivity contribution < 1.29 is 87.9 Å². The number of carboxylic acids is 1. The van der Waals surface area contributed by atoms with Gasteiger partial charge in [-0.15, -0.1) is 11.3 Å². The molecule has 12 amide bonds. The van der Waals surface area contributed by atoms with Crippen molar-refractivity contribution in [3.8, 4) is 11.5 Å². The summed E-state index contributed by atoms with van der Waals surface area (Å²) in [5, 5.41) is 81.8. The standard InChI is InChI=1S/C78H103N15O18S3/c1-8-13-52-68(102)86-55(29-30-63(99)100)70(104)85-54(28-23-44-19-24-49(96)25-20-44)69(103)83-53(14-9-2)71(105)92-65(43(4)95)76(110)90-59(67(79)101)40-113-39-47-16-12-15-46(33-47)38-112-32-31-61(98)91-66(78(5,6)7)77(111)89-56(34-45-21-26-50(97)27-22-45)72(106)87-57(35-48-37-80-41-81-48)74(108)93-64(42(3)94)75(109)88-58(73(107)84-52)36-62-82-51-17-10-11-18-60(51)114-62/h10-12,15-22,24-27,33,37,41-43,52-59,64-66,94-97H,8-9,13-14,23,28-32,34-36,38-40H2,1-7H3,(H2,79,101)(H,80,81)(H,83,103)(H,84,107)(H,85,104)(H,86,102)(H,87,106)(H,88,109)(H,89,111)(H,90,110)(H,91,98)(H,92,105)(H,93,108)(H,99,100)/t42-,43-,52+,53+,54?,55+,56+,57+,58+,59+,64+,65+,66-/m1/s1. The predicted molar refractivity (Wildman–Crippen MR) is 427 cm³/mol. The van der Waals surface area contributed by atoms with Crippen molar-refractivity contribution in [1.82, 2.24) is 73.4 Å². The maximum atomic E-state index is 15.0. The molecule has 1 aliphatic heterocycles. The number of hydrogen-bond donors (Lipinski definition) is 18. The van der Waals surface area contributed by atoms with E-state index < -0.39 is 174 Å². The smallest absolute Gasteiger partial charge is 0.303 e. The highest BCUT2D eigenvalue weighted by Gasteiger charge is 2.40. The van der Waals surface area contributed by atoms with Gasteiger partial charge in [0.25, 0.3) is 0 Å². The predicted octanol–water partition coefficient (Wildman–Crippen LogP) is 1.75. The molecule has 36 heteroatoms. The number of benzene rings is 4. The Bertz CT molecular complexity index is 4260. The number of phenols is 2. The molecule has 7 rings (SSSR count). The molecule has 2 bridgehead atoms. The van der Waals surface area contributed by atoms with Crippen molar-refractivity contribution in [2.24, 2.45) is 11.1 Å². The number of nitrogens with one attached hydrogen (secondary N) is 12. The van der Waals surface area contributed by atoms with Gasteiger partial charge in [-0.3, -0.25) is 62.3 Å². The largest absolute Gasteiger partial charge is 0.508 e. The van der Waals surface area contributed by atoms with E-state index in [2.05, 4.69) is 73.4 Å². The molecule has 114 heavy (non-hydrogen) atoms. The van der Waals surface area contributed by atoms with E-state index in [9.17, 15) is 83.1 Å². The number of hydrogen-bond acceptors (Lipinski definition) is 22. The number of nitrogens with two attached hydrogens (primary N) is 1. The van der Waals surface area contributed by atoms with Crippen LogP contribution in [0, 0.1) is 5.41 Å². The number of para-hydroxylation sites is 1. The second-order valence-corrected chi connectivity index (χ2v) is 32.2. The molecule has 0 aliphatic carbocycles. The molecule has 1 unspecified atom stereocenters. The topological polar surface area (TPSA) is 523 Å². The van der Waals surface area contributed by atoms with E-state index in [0.29, 0.717) is 49.3 Å². The zero-order chi connectivity index (χ0) is 83.3. The Labute approximate surface area is 672 Å². The van der Waals surface area contributed by atoms with Crippen LogP contribution in [0.25, 0.3) is 10.2 Å². The number of H-pyrrole nitrogens is 1. The number of nitrogens with zero attached hydrogens (tertiary/aromatic N) is 2. The number of primary amides is 1. The number of thiazole rings is 1. The highest BCUT2D eigenvalue weighted by atomic mass is 32.2. The first-order chi connectivity index (χ1) is 54.2. The number of aliphatic carboxylic acids is 1. The monoisotopic (exact) mass is 1630 g/mol. The van der Waals surface area contributed by atoms with Gasteiger partial charge in [0.2, 0.25) is 70.9 Å². The van der Waals surface area contributed by atoms with Gasteiger partial charge in [0.1, 0.15) is 78.0 Å². The summed E-state index contributed by atoms with van der Waals surface area (Å²) in [6.07, 6.45) is -2.77. The summed E-state index contributed by atoms with van der Waals surface area (Å²) in [5.74, 6) is -11.9. The Morgan fingerprint density at radius 3 is 1.54 bits per heavy atom. The minimum absolute atomic E-state index is 0.0391. The third kappa shape index (κ3) is 28.7. The number of fused-ring (bicyclic) bond motifs is 3. The maximum Gasteiger partial charge on any atom is 0.303 e. The van der Waals surface area contributed by atoms with Gasteiger partial charge in [0, 0.05) is 67.0 Å². The van der Waals surface area contributed by atoms with E-state index in [-0.39, 0.29) is 81.5 Å². The first kappa shape index (κ1) is 90.5. The van der Waals surface area contributed by atoms with Crippen LogP contribution in [0.15, 0.2) is 110 Å². The molecule has 19 N–H and O–H groups in total. The summed E-state index contributed by atoms with van der Waals surface area (Å²) in [4.78, 5) is 198. The van der Waals surface area contributed by atoms with E-state index in [1.165, 1.54) is 97.6 Å². The number of aromatic nitrogens is 3. The summed E-state index contributed by atoms with van der Waals surface area (Å²) in [7, 11) is 0. The number of phenolic OH excluding ortho intramolecular Hbond substituents is 2. The number of rotatable bonds is 19. The van der Waals surface area contributed by atoms with Gasteiger partial charge in [-0.25, -0.2) is 9.97 Å². The molecule has 13 atom stereocenters. The molecule has 0 saturated heterocycles. The number of aliphatic hydroxyl groups excluding tert-OH is 2. The van der Waals surface area contributed by atoms with Gasteiger partial charge in [-0.1, -0.05) is 108 Å². The molecule has 2 aromatic heterocycles. The Hall–Kier alpha value is -10.7. The van der Waals surface area contributed by atoms with E-state index in [1.54, 1.807) is 71.0 Å². The summed E-state index contributed by atoms with van der Waals surface area (Å²) >= 11 is 3.84. The van der Waals surface area contributed by atoms with Crippen LogP contribution < -0.4 is 64.2 Å². The number of carbonyl (C=O) groups excluding carboxylic acids is 12. The minimum atomic E-state index is -1.90. The first-order valence-electron chi connectivity index (χ1n) is 37.5. The molecular weight excluding hydrogens is 1530 g/mol. The number of thioether (sulfide) groups is 2. The van der Waals surface area contributed by atoms with E-state index in [1.807, 2.05) is 24.3 Å². The Morgan fingerprint density at radius 1 is 0.535 bits per heavy atom. The van der Waals surface area contributed by atoms with Crippen LogP contribution in [0.3, 0.4) is 0 Å². The lowest BCUT2D eigenvalue weighted by Gasteiger charge is -2.32. The van der Waals surface area contributed by atoms with Crippen molar-refractivity contribution >= 4 is 122 Å². The molecule has 1 aliphatic rings. The lowest BCUT2D eigenvalue weighted by molar-refractivity contribution is -0.139. The Kier molecular flexibility index (Phi) is 35.0. The fourth-order valence-electron chi connectivity index (χ4n) is 12.2. The van der Waals surface area contributed by atoms with Crippen molar-refractivity contribution in [1.29, 1.82) is 0 Å². The average Bonchev–Trinajstić information content (AvgIpc) is 1.44. The van der Waals surface area contributed by atoms with Crippen molar-refractivity contribution in [2.45, 2.75) is 216 Å². The summed E-state index contributed by atoms with van der Waals surface area (Å²) < 4.78 is 0.691. The second-order valence-electron chi connectivity index (χ2n) is 29.0. The highest BCUT2D eigenvalue weighted by Crippen LogP contribution is 2.26. The lowest BCUT2D eigenvalue weighted by atomic mass is 9.85. The van der Waals surface area contributed by atoms with Gasteiger partial charge >= 0.3 is 5.97 Å². The third-order valence-corrected chi connectivity index (χ3v) is 21.7. The van der Waals surface area contributed by atoms with Crippen LogP contribution in [0.1, 0.15) is 133 Å². The van der Waals surface area contributed by atoms with E-state index in [4.69, 9.17) is 5.73 Å². The molecule has 0 radical (unpaired) electrons. The lowest BCUT2D eigenvalue weighted by Crippen LogP contribution is -2.63. The fourth-order valence-corrected chi connectivity index (χ4v) is 15.1. The van der Waals surface area contributed by atoms with Crippen LogP contribution >= 0.6 is 34.9 Å². The van der Waals surface area contributed by atoms with Crippen LogP contribution in [0.5, 0.6) is 11.5 Å². The number of aryl methyl sites for hydroxylation is 1. The quantitative estimate of drug-likeness (QED) is 0.0549. The van der Waals surface area contributed by atoms with Crippen LogP contribution in [0.2, 0.25) is 0 Å². The number of aromatic amines is 1. The van der Waals surface area contributed by atoms with Crippen molar-refractivity contribution in [3.63, 3.8) is 0 Å². The molecule has 0 saturated carbocycles. The number of carbonyl (C=O) groups is 13. The molecular formula is C78H103N15O18S3. The summed E-state index contributed by atoms with van der Waals surface area (Å²) in [6, 6.07) is 8.88. The van der Waals surface area contributed by atoms with Gasteiger partial charge < -0.3 is 94.7 Å². The van der Waals surface area contributed by atoms with Crippen LogP contribution in [-0.2, 0) is 99.5 Å². The number of aromatic hydroxyl groups is 2. The SMILES string of the molecule is CCC[C@@H]1NC(=O)C(CCc2ccc(O)cc2)NC(=O)[C@H](CCC(=O)O)NC(=O)[C@H](CCC)NC(=O)[C@H](Cc2nc3ccccc3s2)NC(=O)[C@H]([C@@H](C)O)NC(=O)[C@H](Cc2cnc[nH]2)NC(=O)[C@H](Cc2ccc(O)cc2)NC(=O)[C@H](C(C)(C)C)NC(=O)CCSCc2cccc(c2)CSC[C@@H](C(N)=O)NC(=O)[C@H]([C@@H](C)O)NC1=O. The Balaban J connectivity index is 1.25. The summed E-state index contributed by atoms with van der Waals surface area (Å²) in [5.41, 5.74) is 8.40. The fraction of sp³-hybridized carbons (Fsp3) is 0.474. The van der Waals surface area contributed by atoms with E-state index >= 15 is 4.79 Å².